The number of anilines is 1. The van der Waals surface area contributed by atoms with Crippen LogP contribution in [0, 0.1) is 0 Å². The number of carbonyl (C=O) groups excluding carboxylic acids is 1. The Morgan fingerprint density at radius 1 is 1.33 bits per heavy atom. The molecule has 4 heteroatoms. The molecule has 2 aliphatic rings. The topological polar surface area (TPSA) is 46.3 Å². The smallest absolute Gasteiger partial charge is 0.243 e. The van der Waals surface area contributed by atoms with Crippen molar-refractivity contribution < 1.29 is 4.79 Å². The monoisotopic (exact) mass is 308 g/mol. The van der Waals surface area contributed by atoms with Gasteiger partial charge in [0.25, 0.3) is 0 Å². The molecule has 1 aliphatic heterocycles. The first kappa shape index (κ1) is 16.3. The van der Waals surface area contributed by atoms with E-state index in [1.165, 1.54) is 31.2 Å². The number of carbonyl (C=O) groups is 1. The van der Waals surface area contributed by atoms with Crippen molar-refractivity contribution in [2.45, 2.75) is 56.9 Å². The lowest BCUT2D eigenvalue weighted by Crippen LogP contribution is -2.45. The van der Waals surface area contributed by atoms with E-state index in [1.807, 2.05) is 11.0 Å². The lowest BCUT2D eigenvalue weighted by Gasteiger charge is -2.26. The molecule has 21 heavy (non-hydrogen) atoms. The van der Waals surface area contributed by atoms with Gasteiger partial charge in [0.15, 0.2) is 0 Å². The lowest BCUT2D eigenvalue weighted by molar-refractivity contribution is -0.120. The minimum Gasteiger partial charge on any atom is -0.320 e. The second-order valence-corrected chi connectivity index (χ2v) is 6.32. The van der Waals surface area contributed by atoms with E-state index in [-0.39, 0.29) is 29.8 Å². The Bertz CT molecular complexity index is 511. The average Bonchev–Trinajstić information content (AvgIpc) is 3.06. The molecule has 1 saturated carbocycles. The summed E-state index contributed by atoms with van der Waals surface area (Å²) in [6.07, 6.45) is 6.68. The number of halogens is 1. The fourth-order valence-corrected chi connectivity index (χ4v) is 3.94. The van der Waals surface area contributed by atoms with E-state index in [0.717, 1.165) is 25.1 Å². The van der Waals surface area contributed by atoms with Crippen LogP contribution in [0.3, 0.4) is 0 Å². The second-order valence-electron chi connectivity index (χ2n) is 6.32. The van der Waals surface area contributed by atoms with Gasteiger partial charge in [-0.2, -0.15) is 0 Å². The molecule has 1 aromatic carbocycles. The van der Waals surface area contributed by atoms with E-state index in [0.29, 0.717) is 0 Å². The van der Waals surface area contributed by atoms with Gasteiger partial charge in [0.2, 0.25) is 5.91 Å². The van der Waals surface area contributed by atoms with E-state index >= 15 is 0 Å². The molecule has 0 bridgehead atoms. The highest BCUT2D eigenvalue weighted by atomic mass is 35.5. The van der Waals surface area contributed by atoms with E-state index in [1.54, 1.807) is 0 Å². The van der Waals surface area contributed by atoms with Gasteiger partial charge in [0.1, 0.15) is 0 Å². The molecular weight excluding hydrogens is 284 g/mol. The van der Waals surface area contributed by atoms with Crippen molar-refractivity contribution in [1.29, 1.82) is 0 Å². The van der Waals surface area contributed by atoms with E-state index in [2.05, 4.69) is 25.1 Å². The Morgan fingerprint density at radius 2 is 2.00 bits per heavy atom. The predicted molar refractivity (Wildman–Crippen MR) is 89.1 cm³/mol. The van der Waals surface area contributed by atoms with E-state index < -0.39 is 0 Å². The molecule has 1 spiro atoms. The number of hydrogen-bond acceptors (Lipinski definition) is 2. The van der Waals surface area contributed by atoms with Crippen LogP contribution in [0.2, 0.25) is 0 Å². The molecule has 3 nitrogen and oxygen atoms in total. The van der Waals surface area contributed by atoms with Gasteiger partial charge in [0.05, 0.1) is 6.04 Å². The Hall–Kier alpha value is -1.06. The number of para-hydroxylation sites is 1. The van der Waals surface area contributed by atoms with Crippen LogP contribution in [0.15, 0.2) is 24.3 Å². The lowest BCUT2D eigenvalue weighted by atomic mass is 9.81. The minimum atomic E-state index is -0.357. The van der Waals surface area contributed by atoms with Crippen LogP contribution in [0.25, 0.3) is 0 Å². The number of benzene rings is 1. The Kier molecular flexibility index (Phi) is 4.95. The van der Waals surface area contributed by atoms with Crippen LogP contribution in [0.1, 0.15) is 51.0 Å². The second kappa shape index (κ2) is 6.37. The maximum Gasteiger partial charge on any atom is 0.243 e. The summed E-state index contributed by atoms with van der Waals surface area (Å²) < 4.78 is 0. The Labute approximate surface area is 133 Å². The Morgan fingerprint density at radius 3 is 2.67 bits per heavy atom. The van der Waals surface area contributed by atoms with Crippen molar-refractivity contribution in [3.8, 4) is 0 Å². The first-order chi connectivity index (χ1) is 9.68. The van der Waals surface area contributed by atoms with Gasteiger partial charge < -0.3 is 10.6 Å². The molecule has 0 aromatic heterocycles. The maximum absolute atomic E-state index is 12.6. The van der Waals surface area contributed by atoms with Crippen molar-refractivity contribution in [1.82, 2.24) is 0 Å². The average molecular weight is 309 g/mol. The summed E-state index contributed by atoms with van der Waals surface area (Å²) in [5, 5.41) is 0. The first-order valence-electron chi connectivity index (χ1n) is 7.84. The Balaban J connectivity index is 0.00000161. The normalized spacial score (nSPS) is 20.2. The van der Waals surface area contributed by atoms with E-state index in [4.69, 9.17) is 5.73 Å². The number of amides is 1. The van der Waals surface area contributed by atoms with E-state index in [9.17, 15) is 4.79 Å². The summed E-state index contributed by atoms with van der Waals surface area (Å²) in [6.45, 7) is 2.91. The molecule has 2 N–H and O–H groups in total. The summed E-state index contributed by atoms with van der Waals surface area (Å²) in [7, 11) is 0. The molecule has 116 valence electrons. The minimum absolute atomic E-state index is 0. The van der Waals surface area contributed by atoms with Gasteiger partial charge in [-0.25, -0.2) is 0 Å². The van der Waals surface area contributed by atoms with Crippen LogP contribution in [-0.4, -0.2) is 18.5 Å². The molecule has 1 amide bonds. The van der Waals surface area contributed by atoms with Gasteiger partial charge in [0, 0.05) is 17.6 Å². The van der Waals surface area contributed by atoms with Crippen LogP contribution < -0.4 is 10.6 Å². The number of fused-ring (bicyclic) bond motifs is 2. The van der Waals surface area contributed by atoms with Crippen LogP contribution in [-0.2, 0) is 10.2 Å². The van der Waals surface area contributed by atoms with Crippen molar-refractivity contribution in [3.05, 3.63) is 29.8 Å². The largest absolute Gasteiger partial charge is 0.320 e. The molecule has 0 saturated heterocycles. The van der Waals surface area contributed by atoms with Crippen molar-refractivity contribution in [2.75, 3.05) is 11.4 Å². The number of rotatable bonds is 3. The van der Waals surface area contributed by atoms with Crippen molar-refractivity contribution in [3.63, 3.8) is 0 Å². The molecule has 1 aromatic rings. The van der Waals surface area contributed by atoms with Gasteiger partial charge in [-0.1, -0.05) is 44.4 Å². The van der Waals surface area contributed by atoms with Gasteiger partial charge in [-0.05, 0) is 30.9 Å². The zero-order chi connectivity index (χ0) is 14.2. The van der Waals surface area contributed by atoms with Crippen LogP contribution in [0.4, 0.5) is 5.69 Å². The molecule has 1 fully saturated rings. The zero-order valence-electron chi connectivity index (χ0n) is 12.7. The summed E-state index contributed by atoms with van der Waals surface area (Å²) >= 11 is 0. The fourth-order valence-electron chi connectivity index (χ4n) is 3.94. The third-order valence-electron chi connectivity index (χ3n) is 4.97. The molecule has 1 aliphatic carbocycles. The molecule has 1 unspecified atom stereocenters. The van der Waals surface area contributed by atoms with Crippen molar-refractivity contribution in [2.24, 2.45) is 5.73 Å². The highest BCUT2D eigenvalue weighted by Gasteiger charge is 2.46. The summed E-state index contributed by atoms with van der Waals surface area (Å²) in [5.41, 5.74) is 8.74. The SMILES string of the molecule is CCCC(N)C(=O)N1CC2(CCCC2)c2ccccc21.Cl. The predicted octanol–water partition coefficient (Wildman–Crippen LogP) is 3.39. The molecular formula is C17H25ClN2O. The van der Waals surface area contributed by atoms with Crippen molar-refractivity contribution >= 4 is 24.0 Å². The number of nitrogens with zero attached hydrogens (tertiary/aromatic N) is 1. The van der Waals surface area contributed by atoms with Gasteiger partial charge in [-0.3, -0.25) is 4.79 Å². The highest BCUT2D eigenvalue weighted by molar-refractivity contribution is 5.99. The van der Waals surface area contributed by atoms with Gasteiger partial charge >= 0.3 is 0 Å². The summed E-state index contributed by atoms with van der Waals surface area (Å²) in [4.78, 5) is 14.6. The van der Waals surface area contributed by atoms with Gasteiger partial charge in [-0.15, -0.1) is 12.4 Å². The third-order valence-corrected chi connectivity index (χ3v) is 4.97. The number of nitrogens with two attached hydrogens (primary N) is 1. The fraction of sp³-hybridized carbons (Fsp3) is 0.588. The summed E-state index contributed by atoms with van der Waals surface area (Å²) in [5.74, 6) is 0.100. The molecule has 3 rings (SSSR count). The summed E-state index contributed by atoms with van der Waals surface area (Å²) in [6, 6.07) is 8.06. The number of hydrogen-bond donors (Lipinski definition) is 1. The molecule has 0 radical (unpaired) electrons. The maximum atomic E-state index is 12.6. The van der Waals surface area contributed by atoms with Crippen LogP contribution in [0.5, 0.6) is 0 Å². The standard InChI is InChI=1S/C17H24N2O.ClH/c1-2-7-14(18)16(20)19-12-17(10-5-6-11-17)13-8-3-4-9-15(13)19;/h3-4,8-9,14H,2,5-7,10-12,18H2,1H3;1H. The molecule has 1 atom stereocenters. The quantitative estimate of drug-likeness (QED) is 0.930. The zero-order valence-corrected chi connectivity index (χ0v) is 13.5. The third kappa shape index (κ3) is 2.69. The first-order valence-corrected chi connectivity index (χ1v) is 7.84. The van der Waals surface area contributed by atoms with Crippen LogP contribution >= 0.6 is 12.4 Å². The molecule has 1 heterocycles. The highest BCUT2D eigenvalue weighted by Crippen LogP contribution is 2.50.